The SMILES string of the molecule is Cc1ccc(C)c(CC(=O)N(C)Cc2cc(C(=O)O)c(C)o2)c1. The van der Waals surface area contributed by atoms with Gasteiger partial charge in [0.05, 0.1) is 13.0 Å². The predicted molar refractivity (Wildman–Crippen MR) is 86.5 cm³/mol. The highest BCUT2D eigenvalue weighted by Gasteiger charge is 2.17. The van der Waals surface area contributed by atoms with Gasteiger partial charge in [-0.3, -0.25) is 4.79 Å². The van der Waals surface area contributed by atoms with Gasteiger partial charge in [-0.1, -0.05) is 23.8 Å². The fourth-order valence-corrected chi connectivity index (χ4v) is 2.44. The summed E-state index contributed by atoms with van der Waals surface area (Å²) < 4.78 is 5.42. The van der Waals surface area contributed by atoms with Gasteiger partial charge in [0.2, 0.25) is 5.91 Å². The van der Waals surface area contributed by atoms with Gasteiger partial charge in [-0.15, -0.1) is 0 Å². The van der Waals surface area contributed by atoms with Crippen LogP contribution in [0.4, 0.5) is 0 Å². The number of hydrogen-bond donors (Lipinski definition) is 1. The van der Waals surface area contributed by atoms with E-state index in [0.29, 0.717) is 17.9 Å². The van der Waals surface area contributed by atoms with Crippen LogP contribution in [0.5, 0.6) is 0 Å². The Bertz CT molecular complexity index is 745. The topological polar surface area (TPSA) is 70.8 Å². The van der Waals surface area contributed by atoms with Crippen molar-refractivity contribution in [1.29, 1.82) is 0 Å². The predicted octanol–water partition coefficient (Wildman–Crippen LogP) is 3.10. The van der Waals surface area contributed by atoms with E-state index in [0.717, 1.165) is 16.7 Å². The van der Waals surface area contributed by atoms with Crippen molar-refractivity contribution < 1.29 is 19.1 Å². The number of aryl methyl sites for hydroxylation is 3. The molecule has 0 saturated carbocycles. The third kappa shape index (κ3) is 4.00. The molecule has 0 aliphatic carbocycles. The van der Waals surface area contributed by atoms with Crippen molar-refractivity contribution in [3.8, 4) is 0 Å². The Morgan fingerprint density at radius 3 is 2.48 bits per heavy atom. The Morgan fingerprint density at radius 2 is 1.87 bits per heavy atom. The molecule has 0 radical (unpaired) electrons. The van der Waals surface area contributed by atoms with E-state index < -0.39 is 5.97 Å². The summed E-state index contributed by atoms with van der Waals surface area (Å²) in [6.45, 7) is 5.83. The first-order chi connectivity index (χ1) is 10.8. The Kier molecular flexibility index (Phi) is 4.89. The van der Waals surface area contributed by atoms with Crippen molar-refractivity contribution in [2.24, 2.45) is 0 Å². The molecule has 5 nitrogen and oxygen atoms in total. The molecule has 2 aromatic rings. The van der Waals surface area contributed by atoms with Gasteiger partial charge in [0.1, 0.15) is 17.1 Å². The van der Waals surface area contributed by atoms with Crippen molar-refractivity contribution in [2.45, 2.75) is 33.7 Å². The zero-order chi connectivity index (χ0) is 17.1. The molecule has 0 atom stereocenters. The fraction of sp³-hybridized carbons (Fsp3) is 0.333. The molecular weight excluding hydrogens is 294 g/mol. The van der Waals surface area contributed by atoms with Crippen molar-refractivity contribution in [3.05, 3.63) is 58.0 Å². The second-order valence-corrected chi connectivity index (χ2v) is 5.84. The summed E-state index contributed by atoms with van der Waals surface area (Å²) in [5, 5.41) is 9.03. The zero-order valence-corrected chi connectivity index (χ0v) is 13.8. The lowest BCUT2D eigenvalue weighted by atomic mass is 10.0. The zero-order valence-electron chi connectivity index (χ0n) is 13.8. The summed E-state index contributed by atoms with van der Waals surface area (Å²) in [5.74, 6) is -0.244. The first-order valence-electron chi connectivity index (χ1n) is 7.40. The molecule has 23 heavy (non-hydrogen) atoms. The first kappa shape index (κ1) is 16.8. The van der Waals surface area contributed by atoms with Crippen LogP contribution in [-0.4, -0.2) is 28.9 Å². The third-order valence-corrected chi connectivity index (χ3v) is 3.86. The van der Waals surface area contributed by atoms with E-state index in [4.69, 9.17) is 9.52 Å². The van der Waals surface area contributed by atoms with Crippen LogP contribution < -0.4 is 0 Å². The van der Waals surface area contributed by atoms with Gasteiger partial charge < -0.3 is 14.4 Å². The van der Waals surface area contributed by atoms with E-state index in [-0.39, 0.29) is 18.0 Å². The van der Waals surface area contributed by atoms with Crippen molar-refractivity contribution in [2.75, 3.05) is 7.05 Å². The monoisotopic (exact) mass is 315 g/mol. The number of aromatic carboxylic acids is 1. The maximum absolute atomic E-state index is 12.4. The summed E-state index contributed by atoms with van der Waals surface area (Å²) in [6, 6.07) is 7.51. The molecule has 1 amide bonds. The minimum atomic E-state index is -1.03. The van der Waals surface area contributed by atoms with E-state index in [9.17, 15) is 9.59 Å². The number of nitrogens with zero attached hydrogens (tertiary/aromatic N) is 1. The number of carboxylic acids is 1. The number of benzene rings is 1. The summed E-state index contributed by atoms with van der Waals surface area (Å²) in [7, 11) is 1.69. The minimum absolute atomic E-state index is 0.0374. The maximum atomic E-state index is 12.4. The van der Waals surface area contributed by atoms with Crippen molar-refractivity contribution >= 4 is 11.9 Å². The van der Waals surface area contributed by atoms with Crippen molar-refractivity contribution in [1.82, 2.24) is 4.90 Å². The quantitative estimate of drug-likeness (QED) is 0.920. The lowest BCUT2D eigenvalue weighted by molar-refractivity contribution is -0.129. The fourth-order valence-electron chi connectivity index (χ4n) is 2.44. The number of carbonyl (C=O) groups is 2. The second kappa shape index (κ2) is 6.69. The summed E-state index contributed by atoms with van der Waals surface area (Å²) in [4.78, 5) is 24.9. The molecule has 1 N–H and O–H groups in total. The Morgan fingerprint density at radius 1 is 1.17 bits per heavy atom. The van der Waals surface area contributed by atoms with E-state index in [1.807, 2.05) is 32.0 Å². The van der Waals surface area contributed by atoms with Crippen LogP contribution >= 0.6 is 0 Å². The molecule has 1 heterocycles. The molecule has 0 spiro atoms. The van der Waals surface area contributed by atoms with Crippen LogP contribution in [0.25, 0.3) is 0 Å². The number of hydrogen-bond acceptors (Lipinski definition) is 3. The van der Waals surface area contributed by atoms with Gasteiger partial charge in [-0.25, -0.2) is 4.79 Å². The van der Waals surface area contributed by atoms with E-state index in [1.54, 1.807) is 18.9 Å². The minimum Gasteiger partial charge on any atom is -0.478 e. The standard InChI is InChI=1S/C18H21NO4/c1-11-5-6-12(2)14(7-11)8-17(20)19(4)10-15-9-16(18(21)22)13(3)23-15/h5-7,9H,8,10H2,1-4H3,(H,21,22). The molecule has 0 aliphatic heterocycles. The molecule has 1 aromatic carbocycles. The number of amides is 1. The number of likely N-dealkylation sites (N-methyl/N-ethyl adjacent to an activating group) is 1. The van der Waals surface area contributed by atoms with Gasteiger partial charge in [-0.2, -0.15) is 0 Å². The second-order valence-electron chi connectivity index (χ2n) is 5.84. The molecule has 2 rings (SSSR count). The average Bonchev–Trinajstić information content (AvgIpc) is 2.83. The Hall–Kier alpha value is -2.56. The number of carboxylic acid groups (broad SMARTS) is 1. The average molecular weight is 315 g/mol. The number of rotatable bonds is 5. The smallest absolute Gasteiger partial charge is 0.339 e. The molecule has 0 saturated heterocycles. The molecule has 0 fully saturated rings. The molecular formula is C18H21NO4. The Balaban J connectivity index is 2.07. The molecule has 122 valence electrons. The van der Waals surface area contributed by atoms with Crippen LogP contribution in [0, 0.1) is 20.8 Å². The van der Waals surface area contributed by atoms with Crippen LogP contribution in [0.1, 0.15) is 38.6 Å². The molecule has 1 aromatic heterocycles. The van der Waals surface area contributed by atoms with Crippen LogP contribution in [0.2, 0.25) is 0 Å². The molecule has 0 aliphatic rings. The lowest BCUT2D eigenvalue weighted by Crippen LogP contribution is -2.27. The lowest BCUT2D eigenvalue weighted by Gasteiger charge is -2.16. The van der Waals surface area contributed by atoms with Gasteiger partial charge in [0, 0.05) is 7.05 Å². The number of furan rings is 1. The van der Waals surface area contributed by atoms with Gasteiger partial charge >= 0.3 is 5.97 Å². The van der Waals surface area contributed by atoms with Gasteiger partial charge in [0.25, 0.3) is 0 Å². The van der Waals surface area contributed by atoms with E-state index in [1.165, 1.54) is 6.07 Å². The van der Waals surface area contributed by atoms with E-state index in [2.05, 4.69) is 0 Å². The van der Waals surface area contributed by atoms with Crippen LogP contribution in [0.15, 0.2) is 28.7 Å². The van der Waals surface area contributed by atoms with Gasteiger partial charge in [0.15, 0.2) is 0 Å². The summed E-state index contributed by atoms with van der Waals surface area (Å²) in [5.41, 5.74) is 3.34. The van der Waals surface area contributed by atoms with Gasteiger partial charge in [-0.05, 0) is 38.0 Å². The Labute approximate surface area is 135 Å². The van der Waals surface area contributed by atoms with E-state index >= 15 is 0 Å². The first-order valence-corrected chi connectivity index (χ1v) is 7.40. The molecule has 0 bridgehead atoms. The molecule has 0 unspecified atom stereocenters. The maximum Gasteiger partial charge on any atom is 0.339 e. The highest BCUT2D eigenvalue weighted by atomic mass is 16.4. The normalized spacial score (nSPS) is 10.6. The number of carbonyl (C=O) groups excluding carboxylic acids is 1. The molecule has 5 heteroatoms. The third-order valence-electron chi connectivity index (χ3n) is 3.86. The van der Waals surface area contributed by atoms with Crippen LogP contribution in [-0.2, 0) is 17.8 Å². The highest BCUT2D eigenvalue weighted by molar-refractivity contribution is 5.88. The largest absolute Gasteiger partial charge is 0.478 e. The van der Waals surface area contributed by atoms with Crippen LogP contribution in [0.3, 0.4) is 0 Å². The summed E-state index contributed by atoms with van der Waals surface area (Å²) >= 11 is 0. The summed E-state index contributed by atoms with van der Waals surface area (Å²) in [6.07, 6.45) is 0.315. The van der Waals surface area contributed by atoms with Crippen molar-refractivity contribution in [3.63, 3.8) is 0 Å². The highest BCUT2D eigenvalue weighted by Crippen LogP contribution is 2.17.